The summed E-state index contributed by atoms with van der Waals surface area (Å²) in [4.78, 5) is 28.0. The minimum absolute atomic E-state index is 0.0490. The van der Waals surface area contributed by atoms with E-state index in [9.17, 15) is 14.7 Å². The van der Waals surface area contributed by atoms with Gasteiger partial charge < -0.3 is 20.3 Å². The predicted octanol–water partition coefficient (Wildman–Crippen LogP) is 1.47. The molecule has 2 aromatic rings. The molecule has 0 fully saturated rings. The Bertz CT molecular complexity index is 753. The highest BCUT2D eigenvalue weighted by molar-refractivity contribution is 7.99. The summed E-state index contributed by atoms with van der Waals surface area (Å²) < 4.78 is 1.60. The number of aromatic nitrogens is 2. The Morgan fingerprint density at radius 1 is 1.20 bits per heavy atom. The highest BCUT2D eigenvalue weighted by Gasteiger charge is 2.14. The average Bonchev–Trinajstić information content (AvgIpc) is 2.93. The van der Waals surface area contributed by atoms with Crippen molar-refractivity contribution in [2.45, 2.75) is 32.2 Å². The Labute approximate surface area is 150 Å². The van der Waals surface area contributed by atoms with Gasteiger partial charge in [-0.2, -0.15) is 0 Å². The predicted molar refractivity (Wildman–Crippen MR) is 97.5 cm³/mol. The average molecular weight is 362 g/mol. The van der Waals surface area contributed by atoms with Gasteiger partial charge in [0.05, 0.1) is 24.3 Å². The monoisotopic (exact) mass is 362 g/mol. The number of likely N-dealkylation sites (N-methyl/N-ethyl adjacent to an activating group) is 1. The third-order valence-corrected chi connectivity index (χ3v) is 4.47. The zero-order valence-corrected chi connectivity index (χ0v) is 15.3. The number of hydrogen-bond acceptors (Lipinski definition) is 5. The standard InChI is InChI=1S/C17H22N4O3S/c1-11-4-12(2)6-13(5-11)20-16(24)10-25-17-19-7-14(9-22)21(17)8-15(23)18-3/h4-7,22H,8-10H2,1-3H3,(H,18,23)(H,20,24). The maximum atomic E-state index is 12.2. The second-order valence-corrected chi connectivity index (χ2v) is 6.61. The summed E-state index contributed by atoms with van der Waals surface area (Å²) in [5, 5.41) is 15.3. The van der Waals surface area contributed by atoms with Crippen LogP contribution in [-0.2, 0) is 22.7 Å². The molecule has 0 spiro atoms. The van der Waals surface area contributed by atoms with Crippen molar-refractivity contribution in [3.8, 4) is 0 Å². The number of carbonyl (C=O) groups is 2. The molecule has 0 atom stereocenters. The van der Waals surface area contributed by atoms with Crippen LogP contribution in [0.25, 0.3) is 0 Å². The van der Waals surface area contributed by atoms with Gasteiger partial charge in [0.1, 0.15) is 6.54 Å². The van der Waals surface area contributed by atoms with E-state index >= 15 is 0 Å². The van der Waals surface area contributed by atoms with Crippen LogP contribution in [0.15, 0.2) is 29.6 Å². The number of aliphatic hydroxyl groups excluding tert-OH is 1. The zero-order valence-electron chi connectivity index (χ0n) is 14.5. The first-order chi connectivity index (χ1) is 11.9. The largest absolute Gasteiger partial charge is 0.390 e. The van der Waals surface area contributed by atoms with E-state index in [-0.39, 0.29) is 30.7 Å². The Hall–Kier alpha value is -2.32. The van der Waals surface area contributed by atoms with Crippen molar-refractivity contribution < 1.29 is 14.7 Å². The second kappa shape index (κ2) is 8.68. The van der Waals surface area contributed by atoms with Crippen LogP contribution in [-0.4, -0.2) is 39.3 Å². The number of rotatable bonds is 7. The molecule has 0 unspecified atom stereocenters. The molecule has 0 saturated carbocycles. The van der Waals surface area contributed by atoms with Gasteiger partial charge in [-0.25, -0.2) is 4.98 Å². The van der Waals surface area contributed by atoms with Crippen LogP contribution >= 0.6 is 11.8 Å². The summed E-state index contributed by atoms with van der Waals surface area (Å²) in [6.07, 6.45) is 1.51. The Morgan fingerprint density at radius 2 is 1.88 bits per heavy atom. The van der Waals surface area contributed by atoms with Crippen molar-refractivity contribution in [2.75, 3.05) is 18.1 Å². The number of nitrogens with zero attached hydrogens (tertiary/aromatic N) is 2. The fraction of sp³-hybridized carbons (Fsp3) is 0.353. The molecule has 0 bridgehead atoms. The van der Waals surface area contributed by atoms with Gasteiger partial charge in [-0.15, -0.1) is 0 Å². The number of aliphatic hydroxyl groups is 1. The van der Waals surface area contributed by atoms with Crippen LogP contribution in [0, 0.1) is 13.8 Å². The molecular weight excluding hydrogens is 340 g/mol. The fourth-order valence-corrected chi connectivity index (χ4v) is 3.20. The lowest BCUT2D eigenvalue weighted by molar-refractivity contribution is -0.121. The number of hydrogen-bond donors (Lipinski definition) is 3. The van der Waals surface area contributed by atoms with E-state index in [1.807, 2.05) is 32.0 Å². The Balaban J connectivity index is 2.01. The molecule has 0 aliphatic carbocycles. The van der Waals surface area contributed by atoms with Crippen LogP contribution in [0.3, 0.4) is 0 Å². The van der Waals surface area contributed by atoms with Crippen molar-refractivity contribution in [2.24, 2.45) is 0 Å². The van der Waals surface area contributed by atoms with Gasteiger partial charge >= 0.3 is 0 Å². The SMILES string of the molecule is CNC(=O)Cn1c(CO)cnc1SCC(=O)Nc1cc(C)cc(C)c1. The summed E-state index contributed by atoms with van der Waals surface area (Å²) in [5.74, 6) is -0.202. The molecule has 8 heteroatoms. The van der Waals surface area contributed by atoms with E-state index < -0.39 is 0 Å². The van der Waals surface area contributed by atoms with Gasteiger partial charge in [-0.1, -0.05) is 17.8 Å². The van der Waals surface area contributed by atoms with Gasteiger partial charge in [0, 0.05) is 12.7 Å². The third-order valence-electron chi connectivity index (χ3n) is 3.48. The summed E-state index contributed by atoms with van der Waals surface area (Å²) >= 11 is 1.22. The molecule has 0 aliphatic rings. The lowest BCUT2D eigenvalue weighted by Gasteiger charge is -2.10. The second-order valence-electron chi connectivity index (χ2n) is 5.66. The molecule has 25 heavy (non-hydrogen) atoms. The lowest BCUT2D eigenvalue weighted by Crippen LogP contribution is -2.25. The number of amides is 2. The van der Waals surface area contributed by atoms with E-state index in [1.165, 1.54) is 18.0 Å². The van der Waals surface area contributed by atoms with Gasteiger partial charge in [0.2, 0.25) is 11.8 Å². The Morgan fingerprint density at radius 3 is 2.48 bits per heavy atom. The highest BCUT2D eigenvalue weighted by Crippen LogP contribution is 2.20. The minimum atomic E-state index is -0.223. The zero-order chi connectivity index (χ0) is 18.4. The first-order valence-electron chi connectivity index (χ1n) is 7.79. The van der Waals surface area contributed by atoms with E-state index in [0.29, 0.717) is 10.9 Å². The van der Waals surface area contributed by atoms with E-state index in [4.69, 9.17) is 0 Å². The summed E-state index contributed by atoms with van der Waals surface area (Å²) in [7, 11) is 1.54. The molecule has 2 amide bonds. The smallest absolute Gasteiger partial charge is 0.239 e. The number of anilines is 1. The first-order valence-corrected chi connectivity index (χ1v) is 8.78. The van der Waals surface area contributed by atoms with Gasteiger partial charge in [-0.05, 0) is 37.1 Å². The lowest BCUT2D eigenvalue weighted by atomic mass is 10.1. The fourth-order valence-electron chi connectivity index (χ4n) is 2.40. The van der Waals surface area contributed by atoms with E-state index in [0.717, 1.165) is 16.8 Å². The topological polar surface area (TPSA) is 96.2 Å². The van der Waals surface area contributed by atoms with Gasteiger partial charge in [0.25, 0.3) is 0 Å². The molecular formula is C17H22N4O3S. The molecule has 134 valence electrons. The maximum absolute atomic E-state index is 12.2. The summed E-state index contributed by atoms with van der Waals surface area (Å²) in [6, 6.07) is 5.86. The van der Waals surface area contributed by atoms with Crippen molar-refractivity contribution in [1.29, 1.82) is 0 Å². The van der Waals surface area contributed by atoms with Crippen LogP contribution in [0.1, 0.15) is 16.8 Å². The van der Waals surface area contributed by atoms with E-state index in [1.54, 1.807) is 11.6 Å². The van der Waals surface area contributed by atoms with E-state index in [2.05, 4.69) is 15.6 Å². The number of carbonyl (C=O) groups excluding carboxylic acids is 2. The Kier molecular flexibility index (Phi) is 6.60. The molecule has 1 aromatic carbocycles. The molecule has 7 nitrogen and oxygen atoms in total. The van der Waals surface area contributed by atoms with Gasteiger partial charge in [0.15, 0.2) is 5.16 Å². The van der Waals surface area contributed by atoms with Crippen LogP contribution in [0.2, 0.25) is 0 Å². The van der Waals surface area contributed by atoms with Crippen molar-refractivity contribution >= 4 is 29.3 Å². The third kappa shape index (κ3) is 5.33. The molecule has 1 heterocycles. The summed E-state index contributed by atoms with van der Waals surface area (Å²) in [6.45, 7) is 3.78. The minimum Gasteiger partial charge on any atom is -0.390 e. The highest BCUT2D eigenvalue weighted by atomic mass is 32.2. The maximum Gasteiger partial charge on any atom is 0.239 e. The van der Waals surface area contributed by atoms with Crippen molar-refractivity contribution in [3.05, 3.63) is 41.2 Å². The number of thioether (sulfide) groups is 1. The van der Waals surface area contributed by atoms with Crippen LogP contribution in [0.5, 0.6) is 0 Å². The molecule has 2 rings (SSSR count). The van der Waals surface area contributed by atoms with Gasteiger partial charge in [-0.3, -0.25) is 9.59 Å². The van der Waals surface area contributed by atoms with Crippen molar-refractivity contribution in [3.63, 3.8) is 0 Å². The molecule has 1 aromatic heterocycles. The van der Waals surface area contributed by atoms with Crippen LogP contribution < -0.4 is 10.6 Å². The number of nitrogens with one attached hydrogen (secondary N) is 2. The van der Waals surface area contributed by atoms with Crippen molar-refractivity contribution in [1.82, 2.24) is 14.9 Å². The number of aryl methyl sites for hydroxylation is 2. The first kappa shape index (κ1) is 19.0. The summed E-state index contributed by atoms with van der Waals surface area (Å²) in [5.41, 5.74) is 3.45. The molecule has 0 aliphatic heterocycles. The molecule has 0 saturated heterocycles. The van der Waals surface area contributed by atoms with Crippen LogP contribution in [0.4, 0.5) is 5.69 Å². The quantitative estimate of drug-likeness (QED) is 0.648. The number of imidazole rings is 1. The number of benzene rings is 1. The molecule has 0 radical (unpaired) electrons. The normalized spacial score (nSPS) is 10.6. The molecule has 3 N–H and O–H groups in total.